The minimum Gasteiger partial charge on any atom is -0.273 e. The van der Waals surface area contributed by atoms with Crippen LogP contribution < -0.4 is 0 Å². The fraction of sp³-hybridized carbons (Fsp3) is 0.457. The minimum absolute atomic E-state index is 0. The van der Waals surface area contributed by atoms with Gasteiger partial charge in [0.15, 0.2) is 0 Å². The summed E-state index contributed by atoms with van der Waals surface area (Å²) < 4.78 is 0. The maximum Gasteiger partial charge on any atom is 2.00 e. The van der Waals surface area contributed by atoms with Crippen LogP contribution in [0.1, 0.15) is 67.6 Å². The van der Waals surface area contributed by atoms with Crippen LogP contribution in [0.5, 0.6) is 0 Å². The molecule has 0 N–H and O–H groups in total. The Bertz CT molecular complexity index is 933. The molecule has 0 bridgehead atoms. The zero-order valence-electron chi connectivity index (χ0n) is 27.9. The smallest absolute Gasteiger partial charge is 0.273 e. The molecule has 0 fully saturated rings. The summed E-state index contributed by atoms with van der Waals surface area (Å²) in [6.45, 7) is 32.6. The van der Waals surface area contributed by atoms with Crippen LogP contribution in [0.15, 0.2) is 42.5 Å². The number of hydrogen-bond donors (Lipinski definition) is 0. The summed E-state index contributed by atoms with van der Waals surface area (Å²) in [5.41, 5.74) is 15.7. The average Bonchev–Trinajstić information content (AvgIpc) is 3.62. The SMILES string of the molecule is C[SiH]C.C[SiH]C.Cc1c[c-](C)c(C)c1C.Cc1c[c-](C)c(C)c1C.Cc1cc[c-](C)c1C.[C-]1=CC=CC1.[Zr+2].[Zr+2]. The molecule has 39 heavy (non-hydrogen) atoms. The fourth-order valence-electron chi connectivity index (χ4n) is 3.42. The van der Waals surface area contributed by atoms with E-state index in [0.29, 0.717) is 0 Å². The van der Waals surface area contributed by atoms with Gasteiger partial charge in [-0.1, -0.05) is 102 Å². The Morgan fingerprint density at radius 2 is 1.00 bits per heavy atom. The van der Waals surface area contributed by atoms with E-state index in [1.807, 2.05) is 12.2 Å². The molecule has 212 valence electrons. The standard InChI is InChI=1S/2C9H13.C8H11.C5H5.2C2H7Si.2Zr/c2*1-6-5-7(2)9(4)8(6)3;1-6-4-5-7(2)8(6)3;1-2-4-5-3-1;2*1-3-2;;/h2*5H,1-4H3;4-5H,1-3H3;1-3H,4H2;2*3H,1-2H3;;/q4*-1;;;2*+2. The van der Waals surface area contributed by atoms with Crippen molar-refractivity contribution in [1.82, 2.24) is 0 Å². The molecule has 3 aromatic carbocycles. The van der Waals surface area contributed by atoms with Crippen LogP contribution in [0, 0.1) is 82.2 Å². The van der Waals surface area contributed by atoms with Gasteiger partial charge in [-0.15, -0.1) is 6.42 Å². The van der Waals surface area contributed by atoms with Gasteiger partial charge < -0.3 is 0 Å². The Morgan fingerprint density at radius 3 is 1.08 bits per heavy atom. The van der Waals surface area contributed by atoms with Crippen molar-refractivity contribution in [2.45, 2.75) is 109 Å². The van der Waals surface area contributed by atoms with E-state index >= 15 is 0 Å². The first-order chi connectivity index (χ1) is 17.3. The summed E-state index contributed by atoms with van der Waals surface area (Å²) in [6.07, 6.45) is 10.0. The van der Waals surface area contributed by atoms with Crippen molar-refractivity contribution in [2.24, 2.45) is 0 Å². The van der Waals surface area contributed by atoms with Gasteiger partial charge in [0.1, 0.15) is 0 Å². The van der Waals surface area contributed by atoms with Crippen LogP contribution in [0.25, 0.3) is 0 Å². The van der Waals surface area contributed by atoms with E-state index in [-0.39, 0.29) is 52.4 Å². The molecule has 0 aliphatic heterocycles. The van der Waals surface area contributed by atoms with Gasteiger partial charge in [-0.25, -0.2) is 18.2 Å². The van der Waals surface area contributed by atoms with Crippen LogP contribution in [0.2, 0.25) is 26.2 Å². The van der Waals surface area contributed by atoms with Crippen LogP contribution in [-0.4, -0.2) is 19.0 Å². The van der Waals surface area contributed by atoms with Crippen molar-refractivity contribution < 1.29 is 52.4 Å². The molecule has 0 nitrogen and oxygen atoms in total. The van der Waals surface area contributed by atoms with E-state index in [9.17, 15) is 0 Å². The van der Waals surface area contributed by atoms with Crippen molar-refractivity contribution in [3.8, 4) is 0 Å². The molecule has 0 heterocycles. The van der Waals surface area contributed by atoms with Crippen LogP contribution in [0.4, 0.5) is 0 Å². The molecular weight excluding hydrogens is 659 g/mol. The molecule has 0 spiro atoms. The van der Waals surface area contributed by atoms with E-state index in [1.165, 1.54) is 61.2 Å². The Morgan fingerprint density at radius 1 is 0.615 bits per heavy atom. The second-order valence-electron chi connectivity index (χ2n) is 10.0. The van der Waals surface area contributed by atoms with Crippen molar-refractivity contribution in [2.75, 3.05) is 0 Å². The third-order valence-corrected chi connectivity index (χ3v) is 6.71. The van der Waals surface area contributed by atoms with Gasteiger partial charge in [0.2, 0.25) is 0 Å². The molecule has 0 atom stereocenters. The molecular formula is C35H56Si2Zr2. The van der Waals surface area contributed by atoms with Gasteiger partial charge in [-0.05, 0) is 0 Å². The molecule has 0 amide bonds. The number of aryl methyl sites for hydroxylation is 6. The Labute approximate surface area is 287 Å². The maximum absolute atomic E-state index is 2.99. The Balaban J connectivity index is -0.000000195. The van der Waals surface area contributed by atoms with Gasteiger partial charge in [-0.3, -0.25) is 6.08 Å². The van der Waals surface area contributed by atoms with E-state index in [4.69, 9.17) is 0 Å². The van der Waals surface area contributed by atoms with Crippen molar-refractivity contribution in [3.05, 3.63) is 110 Å². The first-order valence-corrected chi connectivity index (χ1v) is 18.2. The summed E-state index contributed by atoms with van der Waals surface area (Å²) >= 11 is 0. The van der Waals surface area contributed by atoms with Crippen molar-refractivity contribution in [3.63, 3.8) is 0 Å². The average molecular weight is 715 g/mol. The molecule has 0 saturated carbocycles. The second kappa shape index (κ2) is 26.6. The first kappa shape index (κ1) is 45.7. The predicted molar refractivity (Wildman–Crippen MR) is 178 cm³/mol. The largest absolute Gasteiger partial charge is 2.00 e. The predicted octanol–water partition coefficient (Wildman–Crippen LogP) is 9.95. The van der Waals surface area contributed by atoms with E-state index in [2.05, 4.69) is 139 Å². The summed E-state index contributed by atoms with van der Waals surface area (Å²) in [5, 5.41) is 0. The van der Waals surface area contributed by atoms with Gasteiger partial charge in [0.25, 0.3) is 0 Å². The van der Waals surface area contributed by atoms with Gasteiger partial charge in [0.05, 0.1) is 0 Å². The monoisotopic (exact) mass is 712 g/mol. The first-order valence-electron chi connectivity index (χ1n) is 13.6. The number of allylic oxidation sites excluding steroid dienone is 4. The van der Waals surface area contributed by atoms with Crippen LogP contribution in [-0.2, 0) is 52.4 Å². The van der Waals surface area contributed by atoms with Crippen LogP contribution >= 0.6 is 0 Å². The minimum atomic E-state index is 0. The number of rotatable bonds is 0. The molecule has 1 aliphatic carbocycles. The van der Waals surface area contributed by atoms with Crippen molar-refractivity contribution >= 4 is 19.0 Å². The Kier molecular flexibility index (Phi) is 31.2. The summed E-state index contributed by atoms with van der Waals surface area (Å²) in [6, 6.07) is 8.80. The molecule has 4 rings (SSSR count). The van der Waals surface area contributed by atoms with Gasteiger partial charge in [0, 0.05) is 19.0 Å². The molecule has 2 radical (unpaired) electrons. The zero-order valence-corrected chi connectivity index (χ0v) is 35.1. The van der Waals surface area contributed by atoms with E-state index < -0.39 is 0 Å². The van der Waals surface area contributed by atoms with Crippen LogP contribution in [0.3, 0.4) is 0 Å². The summed E-state index contributed by atoms with van der Waals surface area (Å²) in [7, 11) is 1.50. The normalized spacial score (nSPS) is 9.92. The molecule has 0 saturated heterocycles. The van der Waals surface area contributed by atoms with Gasteiger partial charge >= 0.3 is 52.4 Å². The third-order valence-electron chi connectivity index (χ3n) is 6.71. The number of hydrogen-bond acceptors (Lipinski definition) is 0. The molecule has 0 unspecified atom stereocenters. The van der Waals surface area contributed by atoms with E-state index in [0.717, 1.165) is 25.5 Å². The van der Waals surface area contributed by atoms with Gasteiger partial charge in [-0.2, -0.15) is 85.5 Å². The molecule has 0 aromatic heterocycles. The summed E-state index contributed by atoms with van der Waals surface area (Å²) in [5.74, 6) is 0. The Hall–Kier alpha value is -0.270. The second-order valence-corrected chi connectivity index (χ2v) is 12.3. The van der Waals surface area contributed by atoms with Crippen molar-refractivity contribution in [1.29, 1.82) is 0 Å². The molecule has 3 aromatic rings. The summed E-state index contributed by atoms with van der Waals surface area (Å²) in [4.78, 5) is 0. The zero-order chi connectivity index (χ0) is 29.1. The molecule has 1 aliphatic rings. The quantitative estimate of drug-likeness (QED) is 0.161. The molecule has 4 heteroatoms. The van der Waals surface area contributed by atoms with E-state index in [1.54, 1.807) is 0 Å². The maximum atomic E-state index is 2.99. The topological polar surface area (TPSA) is 0 Å². The third kappa shape index (κ3) is 19.5. The fourth-order valence-corrected chi connectivity index (χ4v) is 3.42.